The third kappa shape index (κ3) is 7.71. The number of aryl methyl sites for hydroxylation is 1. The summed E-state index contributed by atoms with van der Waals surface area (Å²) in [5.41, 5.74) is 0.343. The minimum atomic E-state index is 0.343. The van der Waals surface area contributed by atoms with Crippen molar-refractivity contribution in [3.63, 3.8) is 0 Å². The van der Waals surface area contributed by atoms with E-state index in [2.05, 4.69) is 66.0 Å². The molecule has 2 aromatic rings. The molecule has 2 N–H and O–H groups in total. The highest BCUT2D eigenvalue weighted by molar-refractivity contribution is 7.09. The maximum atomic E-state index is 4.75. The van der Waals surface area contributed by atoms with E-state index >= 15 is 0 Å². The van der Waals surface area contributed by atoms with Gasteiger partial charge in [0.05, 0.1) is 0 Å². The fourth-order valence-corrected chi connectivity index (χ4v) is 3.31. The van der Waals surface area contributed by atoms with E-state index in [0.29, 0.717) is 18.0 Å². The molecule has 0 aliphatic rings. The molecule has 0 bridgehead atoms. The summed E-state index contributed by atoms with van der Waals surface area (Å²) in [6, 6.07) is 4.63. The molecule has 0 fully saturated rings. The van der Waals surface area contributed by atoms with Gasteiger partial charge in [0.15, 0.2) is 11.8 Å². The van der Waals surface area contributed by atoms with Gasteiger partial charge < -0.3 is 15.2 Å². The number of nitrogens with zero attached hydrogens (tertiary/aromatic N) is 4. The van der Waals surface area contributed by atoms with Crippen LogP contribution in [-0.2, 0) is 20.0 Å². The van der Waals surface area contributed by atoms with Gasteiger partial charge in [-0.2, -0.15) is 0 Å². The number of guanidine groups is 1. The van der Waals surface area contributed by atoms with Gasteiger partial charge in [-0.25, -0.2) is 4.99 Å². The minimum absolute atomic E-state index is 0.343. The molecule has 0 radical (unpaired) electrons. The van der Waals surface area contributed by atoms with Crippen molar-refractivity contribution in [1.82, 2.24) is 25.4 Å². The van der Waals surface area contributed by atoms with Crippen molar-refractivity contribution in [3.05, 3.63) is 34.0 Å². The number of rotatable bonds is 8. The van der Waals surface area contributed by atoms with Gasteiger partial charge in [-0.15, -0.1) is 21.5 Å². The average molecular weight is 391 g/mol. The topological polar surface area (TPSA) is 67.1 Å². The molecule has 150 valence electrons. The Morgan fingerprint density at radius 2 is 2.11 bits per heavy atom. The van der Waals surface area contributed by atoms with E-state index in [9.17, 15) is 0 Å². The van der Waals surface area contributed by atoms with E-state index in [1.165, 1.54) is 11.3 Å². The second-order valence-corrected chi connectivity index (χ2v) is 9.32. The van der Waals surface area contributed by atoms with Crippen molar-refractivity contribution in [2.24, 2.45) is 17.5 Å². The van der Waals surface area contributed by atoms with Crippen molar-refractivity contribution < 1.29 is 0 Å². The molecule has 0 aliphatic carbocycles. The summed E-state index contributed by atoms with van der Waals surface area (Å²) < 4.78 is 1.98. The number of nitrogens with one attached hydrogen (secondary N) is 2. The molecule has 7 heteroatoms. The normalized spacial score (nSPS) is 13.6. The molecule has 0 aromatic carbocycles. The van der Waals surface area contributed by atoms with Crippen LogP contribution in [0.15, 0.2) is 22.5 Å². The number of hydrogen-bond donors (Lipinski definition) is 2. The van der Waals surface area contributed by atoms with Crippen LogP contribution in [-0.4, -0.2) is 33.3 Å². The third-order valence-electron chi connectivity index (χ3n) is 4.52. The molecule has 1 atom stereocenters. The molecule has 0 spiro atoms. The van der Waals surface area contributed by atoms with E-state index in [1.807, 2.05) is 18.5 Å². The summed E-state index contributed by atoms with van der Waals surface area (Å²) in [6.45, 7) is 12.4. The Bertz CT molecular complexity index is 711. The van der Waals surface area contributed by atoms with Crippen LogP contribution < -0.4 is 10.6 Å². The quantitative estimate of drug-likeness (QED) is 0.533. The first-order chi connectivity index (χ1) is 12.7. The Morgan fingerprint density at radius 1 is 1.33 bits per heavy atom. The van der Waals surface area contributed by atoms with Crippen LogP contribution in [0.3, 0.4) is 0 Å². The molecule has 1 unspecified atom stereocenters. The summed E-state index contributed by atoms with van der Waals surface area (Å²) in [7, 11) is 1.98. The molecule has 2 aromatic heterocycles. The van der Waals surface area contributed by atoms with Crippen molar-refractivity contribution in [1.29, 1.82) is 0 Å². The number of aromatic nitrogens is 3. The molecule has 0 aliphatic heterocycles. The minimum Gasteiger partial charge on any atom is -0.356 e. The SMILES string of the molecule is Cc1nnc(CN=C(NCCc2cccs2)NC(C)CCC(C)(C)C)n1C. The van der Waals surface area contributed by atoms with Gasteiger partial charge in [0.1, 0.15) is 12.4 Å². The average Bonchev–Trinajstić information content (AvgIpc) is 3.22. The Labute approximate surface area is 167 Å². The van der Waals surface area contributed by atoms with E-state index < -0.39 is 0 Å². The summed E-state index contributed by atoms with van der Waals surface area (Å²) in [5, 5.41) is 17.5. The number of aliphatic imine (C=N–C) groups is 1. The molecule has 0 amide bonds. The maximum absolute atomic E-state index is 4.75. The fourth-order valence-electron chi connectivity index (χ4n) is 2.61. The molecule has 27 heavy (non-hydrogen) atoms. The van der Waals surface area contributed by atoms with Gasteiger partial charge in [0, 0.05) is 24.5 Å². The lowest BCUT2D eigenvalue weighted by molar-refractivity contribution is 0.346. The molecule has 0 saturated carbocycles. The summed E-state index contributed by atoms with van der Waals surface area (Å²) in [4.78, 5) is 6.13. The Balaban J connectivity index is 1.95. The smallest absolute Gasteiger partial charge is 0.191 e. The highest BCUT2D eigenvalue weighted by Gasteiger charge is 2.14. The van der Waals surface area contributed by atoms with Crippen LogP contribution in [0.25, 0.3) is 0 Å². The predicted molar refractivity (Wildman–Crippen MR) is 114 cm³/mol. The second-order valence-electron chi connectivity index (χ2n) is 8.29. The van der Waals surface area contributed by atoms with Crippen molar-refractivity contribution in [2.45, 2.75) is 66.5 Å². The lowest BCUT2D eigenvalue weighted by Crippen LogP contribution is -2.43. The predicted octanol–water partition coefficient (Wildman–Crippen LogP) is 3.68. The summed E-state index contributed by atoms with van der Waals surface area (Å²) in [5.74, 6) is 2.61. The molecule has 2 heterocycles. The van der Waals surface area contributed by atoms with Gasteiger partial charge >= 0.3 is 0 Å². The number of thiophene rings is 1. The van der Waals surface area contributed by atoms with Gasteiger partial charge in [0.25, 0.3) is 0 Å². The molecular formula is C20H34N6S. The van der Waals surface area contributed by atoms with Crippen molar-refractivity contribution >= 4 is 17.3 Å². The van der Waals surface area contributed by atoms with Crippen LogP contribution in [0.5, 0.6) is 0 Å². The molecule has 6 nitrogen and oxygen atoms in total. The standard InChI is InChI=1S/C20H34N6S/c1-15(9-11-20(3,4)5)23-19(21-12-10-17-8-7-13-27-17)22-14-18-25-24-16(2)26(18)6/h7-8,13,15H,9-12,14H2,1-6H3,(H2,21,22,23). The van der Waals surface area contributed by atoms with Crippen LogP contribution in [0.1, 0.15) is 57.1 Å². The van der Waals surface area contributed by atoms with Crippen LogP contribution in [0, 0.1) is 12.3 Å². The zero-order valence-electron chi connectivity index (χ0n) is 17.5. The fraction of sp³-hybridized carbons (Fsp3) is 0.650. The van der Waals surface area contributed by atoms with Gasteiger partial charge in [-0.05, 0) is 50.0 Å². The summed E-state index contributed by atoms with van der Waals surface area (Å²) >= 11 is 1.79. The van der Waals surface area contributed by atoms with E-state index in [0.717, 1.165) is 37.0 Å². The Kier molecular flexibility index (Phi) is 7.83. The van der Waals surface area contributed by atoms with E-state index in [-0.39, 0.29) is 0 Å². The lowest BCUT2D eigenvalue weighted by Gasteiger charge is -2.23. The first-order valence-electron chi connectivity index (χ1n) is 9.67. The van der Waals surface area contributed by atoms with Crippen LogP contribution in [0.2, 0.25) is 0 Å². The molecular weight excluding hydrogens is 356 g/mol. The molecule has 0 saturated heterocycles. The first-order valence-corrected chi connectivity index (χ1v) is 10.5. The number of hydrogen-bond acceptors (Lipinski definition) is 4. The van der Waals surface area contributed by atoms with Crippen molar-refractivity contribution in [2.75, 3.05) is 6.54 Å². The lowest BCUT2D eigenvalue weighted by atomic mass is 9.89. The van der Waals surface area contributed by atoms with Crippen molar-refractivity contribution in [3.8, 4) is 0 Å². The van der Waals surface area contributed by atoms with E-state index in [1.54, 1.807) is 11.3 Å². The van der Waals surface area contributed by atoms with Gasteiger partial charge in [0.2, 0.25) is 0 Å². The highest BCUT2D eigenvalue weighted by Crippen LogP contribution is 2.21. The molecule has 2 rings (SSSR count). The van der Waals surface area contributed by atoms with Crippen LogP contribution >= 0.6 is 11.3 Å². The van der Waals surface area contributed by atoms with E-state index in [4.69, 9.17) is 4.99 Å². The third-order valence-corrected chi connectivity index (χ3v) is 5.45. The first kappa shape index (κ1) is 21.4. The van der Waals surface area contributed by atoms with Gasteiger partial charge in [-0.3, -0.25) is 0 Å². The Hall–Kier alpha value is -1.89. The monoisotopic (exact) mass is 390 g/mol. The highest BCUT2D eigenvalue weighted by atomic mass is 32.1. The van der Waals surface area contributed by atoms with Gasteiger partial charge in [-0.1, -0.05) is 26.8 Å². The maximum Gasteiger partial charge on any atom is 0.191 e. The second kappa shape index (κ2) is 9.88. The Morgan fingerprint density at radius 3 is 2.70 bits per heavy atom. The summed E-state index contributed by atoms with van der Waals surface area (Å²) in [6.07, 6.45) is 3.28. The zero-order chi connectivity index (χ0) is 19.9. The largest absolute Gasteiger partial charge is 0.356 e. The zero-order valence-corrected chi connectivity index (χ0v) is 18.4. The van der Waals surface area contributed by atoms with Crippen LogP contribution in [0.4, 0.5) is 0 Å².